The van der Waals surface area contributed by atoms with Crippen molar-refractivity contribution in [1.29, 1.82) is 0 Å². The second kappa shape index (κ2) is 7.50. The predicted octanol–water partition coefficient (Wildman–Crippen LogP) is 2.17. The van der Waals surface area contributed by atoms with Crippen LogP contribution in [-0.4, -0.2) is 20.2 Å². The van der Waals surface area contributed by atoms with Gasteiger partial charge >= 0.3 is 0 Å². The van der Waals surface area contributed by atoms with E-state index in [1.54, 1.807) is 43.3 Å². The van der Waals surface area contributed by atoms with Crippen LogP contribution in [0.3, 0.4) is 0 Å². The van der Waals surface area contributed by atoms with E-state index in [1.165, 1.54) is 12.1 Å². The zero-order valence-corrected chi connectivity index (χ0v) is 15.6. The molecule has 4 N–H and O–H groups in total. The lowest BCUT2D eigenvalue weighted by atomic mass is 10.1. The Morgan fingerprint density at radius 2 is 1.63 bits per heavy atom. The number of sulfonamides is 1. The molecule has 1 saturated carbocycles. The highest BCUT2D eigenvalue weighted by Gasteiger charge is 2.29. The van der Waals surface area contributed by atoms with Crippen molar-refractivity contribution in [3.63, 3.8) is 0 Å². The number of hydrogen-bond acceptors (Lipinski definition) is 4. The number of nitrogens with two attached hydrogens (primary N) is 1. The molecular formula is C19H21N3O4S. The van der Waals surface area contributed by atoms with E-state index >= 15 is 0 Å². The fourth-order valence-electron chi connectivity index (χ4n) is 2.60. The van der Waals surface area contributed by atoms with Gasteiger partial charge in [0.1, 0.15) is 0 Å². The standard InChI is InChI=1S/C19H21N3O4S/c1-12(13-6-10-17(11-7-13)27(20,25)26)21-18(23)15-4-8-16(9-5-15)22-19(24)14-2-3-14/h4-12,14H,2-3H2,1H3,(H,21,23)(H,22,24)(H2,20,25,26). The van der Waals surface area contributed by atoms with Crippen LogP contribution in [0.2, 0.25) is 0 Å². The Morgan fingerprint density at radius 3 is 2.15 bits per heavy atom. The average molecular weight is 387 g/mol. The molecule has 1 fully saturated rings. The topological polar surface area (TPSA) is 118 Å². The molecule has 1 aliphatic rings. The molecule has 2 amide bonds. The van der Waals surface area contributed by atoms with Crippen LogP contribution < -0.4 is 15.8 Å². The number of hydrogen-bond donors (Lipinski definition) is 3. The summed E-state index contributed by atoms with van der Waals surface area (Å²) in [7, 11) is -3.74. The van der Waals surface area contributed by atoms with Crippen LogP contribution in [0.25, 0.3) is 0 Å². The van der Waals surface area contributed by atoms with E-state index in [2.05, 4.69) is 10.6 Å². The predicted molar refractivity (Wildman–Crippen MR) is 101 cm³/mol. The first-order chi connectivity index (χ1) is 12.7. The third-order valence-electron chi connectivity index (χ3n) is 4.42. The summed E-state index contributed by atoms with van der Waals surface area (Å²) in [6, 6.07) is 12.4. The maximum absolute atomic E-state index is 12.4. The first-order valence-corrected chi connectivity index (χ1v) is 10.1. The van der Waals surface area contributed by atoms with Crippen molar-refractivity contribution < 1.29 is 18.0 Å². The van der Waals surface area contributed by atoms with Gasteiger partial charge < -0.3 is 10.6 Å². The van der Waals surface area contributed by atoms with E-state index in [4.69, 9.17) is 5.14 Å². The summed E-state index contributed by atoms with van der Waals surface area (Å²) < 4.78 is 22.6. The van der Waals surface area contributed by atoms with Gasteiger partial charge in [-0.05, 0) is 61.7 Å². The number of rotatable bonds is 6. The van der Waals surface area contributed by atoms with Gasteiger partial charge in [-0.1, -0.05) is 12.1 Å². The molecule has 1 aliphatic carbocycles. The summed E-state index contributed by atoms with van der Waals surface area (Å²) in [5, 5.41) is 10.8. The molecule has 27 heavy (non-hydrogen) atoms. The number of benzene rings is 2. The molecule has 0 heterocycles. The van der Waals surface area contributed by atoms with Crippen LogP contribution >= 0.6 is 0 Å². The Balaban J connectivity index is 1.61. The zero-order chi connectivity index (χ0) is 19.6. The molecule has 0 aromatic heterocycles. The maximum Gasteiger partial charge on any atom is 0.251 e. The number of carbonyl (C=O) groups is 2. The summed E-state index contributed by atoms with van der Waals surface area (Å²) in [4.78, 5) is 24.2. The lowest BCUT2D eigenvalue weighted by Gasteiger charge is -2.15. The van der Waals surface area contributed by atoms with E-state index < -0.39 is 10.0 Å². The van der Waals surface area contributed by atoms with Gasteiger partial charge in [0.25, 0.3) is 5.91 Å². The molecule has 0 bridgehead atoms. The molecule has 0 saturated heterocycles. The molecule has 1 unspecified atom stereocenters. The van der Waals surface area contributed by atoms with Crippen LogP contribution in [0.1, 0.15) is 41.7 Å². The third-order valence-corrected chi connectivity index (χ3v) is 5.35. The van der Waals surface area contributed by atoms with Gasteiger partial charge in [-0.15, -0.1) is 0 Å². The van der Waals surface area contributed by atoms with Gasteiger partial charge in [0.2, 0.25) is 15.9 Å². The molecule has 3 rings (SSSR count). The Bertz CT molecular complexity index is 949. The minimum absolute atomic E-state index is 0.0174. The van der Waals surface area contributed by atoms with Crippen molar-refractivity contribution in [2.75, 3.05) is 5.32 Å². The monoisotopic (exact) mass is 387 g/mol. The van der Waals surface area contributed by atoms with E-state index in [-0.39, 0.29) is 28.7 Å². The number of anilines is 1. The largest absolute Gasteiger partial charge is 0.346 e. The highest BCUT2D eigenvalue weighted by atomic mass is 32.2. The normalized spacial score (nSPS) is 15.0. The number of primary sulfonamides is 1. The van der Waals surface area contributed by atoms with Crippen LogP contribution in [0.15, 0.2) is 53.4 Å². The second-order valence-electron chi connectivity index (χ2n) is 6.65. The van der Waals surface area contributed by atoms with Gasteiger partial charge in [-0.3, -0.25) is 9.59 Å². The Kier molecular flexibility index (Phi) is 5.29. The van der Waals surface area contributed by atoms with E-state index in [0.29, 0.717) is 11.3 Å². The fraction of sp³-hybridized carbons (Fsp3) is 0.263. The number of carbonyl (C=O) groups excluding carboxylic acids is 2. The van der Waals surface area contributed by atoms with Gasteiger partial charge in [-0.25, -0.2) is 13.6 Å². The summed E-state index contributed by atoms with van der Waals surface area (Å²) in [6.07, 6.45) is 1.87. The molecule has 0 spiro atoms. The molecule has 8 heteroatoms. The first kappa shape index (κ1) is 19.1. The molecule has 2 aromatic rings. The van der Waals surface area contributed by atoms with Gasteiger partial charge in [0, 0.05) is 17.2 Å². The van der Waals surface area contributed by atoms with Crippen molar-refractivity contribution in [1.82, 2.24) is 5.32 Å². The Labute approximate surface area is 158 Å². The lowest BCUT2D eigenvalue weighted by Crippen LogP contribution is -2.26. The summed E-state index contributed by atoms with van der Waals surface area (Å²) in [6.45, 7) is 1.80. The quantitative estimate of drug-likeness (QED) is 0.704. The van der Waals surface area contributed by atoms with Gasteiger partial charge in [0.05, 0.1) is 10.9 Å². The summed E-state index contributed by atoms with van der Waals surface area (Å²) >= 11 is 0. The Morgan fingerprint density at radius 1 is 1.04 bits per heavy atom. The second-order valence-corrected chi connectivity index (χ2v) is 8.21. The minimum atomic E-state index is -3.74. The number of nitrogens with one attached hydrogen (secondary N) is 2. The van der Waals surface area contributed by atoms with E-state index in [0.717, 1.165) is 18.4 Å². The molecule has 142 valence electrons. The molecule has 1 atom stereocenters. The maximum atomic E-state index is 12.4. The fourth-order valence-corrected chi connectivity index (χ4v) is 3.12. The van der Waals surface area contributed by atoms with Crippen molar-refractivity contribution >= 4 is 27.5 Å². The van der Waals surface area contributed by atoms with Gasteiger partial charge in [-0.2, -0.15) is 0 Å². The molecular weight excluding hydrogens is 366 g/mol. The summed E-state index contributed by atoms with van der Waals surface area (Å²) in [5.74, 6) is -0.128. The van der Waals surface area contributed by atoms with Gasteiger partial charge in [0.15, 0.2) is 0 Å². The van der Waals surface area contributed by atoms with Crippen LogP contribution in [0.4, 0.5) is 5.69 Å². The highest BCUT2D eigenvalue weighted by molar-refractivity contribution is 7.89. The minimum Gasteiger partial charge on any atom is -0.346 e. The van der Waals surface area contributed by atoms with E-state index in [1.807, 2.05) is 0 Å². The lowest BCUT2D eigenvalue weighted by molar-refractivity contribution is -0.117. The highest BCUT2D eigenvalue weighted by Crippen LogP contribution is 2.30. The first-order valence-electron chi connectivity index (χ1n) is 8.58. The zero-order valence-electron chi connectivity index (χ0n) is 14.8. The average Bonchev–Trinajstić information content (AvgIpc) is 3.47. The van der Waals surface area contributed by atoms with Crippen molar-refractivity contribution in [2.45, 2.75) is 30.7 Å². The smallest absolute Gasteiger partial charge is 0.251 e. The van der Waals surface area contributed by atoms with Crippen molar-refractivity contribution in [3.8, 4) is 0 Å². The number of amides is 2. The molecule has 0 radical (unpaired) electrons. The summed E-state index contributed by atoms with van der Waals surface area (Å²) in [5.41, 5.74) is 1.88. The SMILES string of the molecule is CC(NC(=O)c1ccc(NC(=O)C2CC2)cc1)c1ccc(S(N)(=O)=O)cc1. The van der Waals surface area contributed by atoms with Crippen molar-refractivity contribution in [2.24, 2.45) is 11.1 Å². The molecule has 0 aliphatic heterocycles. The third kappa shape index (κ3) is 4.93. The molecule has 2 aromatic carbocycles. The van der Waals surface area contributed by atoms with Crippen LogP contribution in [0, 0.1) is 5.92 Å². The van der Waals surface area contributed by atoms with Crippen LogP contribution in [0.5, 0.6) is 0 Å². The Hall–Kier alpha value is -2.71. The van der Waals surface area contributed by atoms with E-state index in [9.17, 15) is 18.0 Å². The van der Waals surface area contributed by atoms with Crippen LogP contribution in [-0.2, 0) is 14.8 Å². The molecule has 7 nitrogen and oxygen atoms in total. The van der Waals surface area contributed by atoms with Crippen molar-refractivity contribution in [3.05, 3.63) is 59.7 Å².